The largest absolute Gasteiger partial charge is 0.394 e. The standard InChI is InChI=1S/C24H28N8O5/c25-17(34)8-4-7-15-10-28-32(11-15)24-29-21(26-9-14-5-2-1-3-6-14)18-22(30-24)31(13-27-18)23-20(36)19(35)16(12-33)37-23/h1-3,5-6,10-11,13,16,19-20,23,33,35-36H,4,7-9,12H2,(H2,25,34)(H,26,29,30)/t16-,19-,20-,23-/m1/s1. The molecule has 37 heavy (non-hydrogen) atoms. The highest BCUT2D eigenvalue weighted by atomic mass is 16.6. The number of nitrogens with one attached hydrogen (secondary N) is 1. The third-order valence-electron chi connectivity index (χ3n) is 6.23. The number of nitrogens with two attached hydrogens (primary N) is 1. The fraction of sp³-hybridized carbons (Fsp3) is 0.375. The van der Waals surface area contributed by atoms with Gasteiger partial charge >= 0.3 is 0 Å². The first-order chi connectivity index (χ1) is 17.9. The van der Waals surface area contributed by atoms with Gasteiger partial charge in [-0.05, 0) is 24.0 Å². The van der Waals surface area contributed by atoms with Crippen LogP contribution in [0.25, 0.3) is 17.1 Å². The van der Waals surface area contributed by atoms with Crippen LogP contribution in [0.1, 0.15) is 30.2 Å². The molecule has 194 valence electrons. The van der Waals surface area contributed by atoms with Gasteiger partial charge in [0.25, 0.3) is 5.95 Å². The molecule has 0 bridgehead atoms. The molecule has 0 aliphatic carbocycles. The smallest absolute Gasteiger partial charge is 0.254 e. The maximum Gasteiger partial charge on any atom is 0.254 e. The fourth-order valence-corrected chi connectivity index (χ4v) is 4.27. The summed E-state index contributed by atoms with van der Waals surface area (Å²) in [7, 11) is 0. The lowest BCUT2D eigenvalue weighted by atomic mass is 10.1. The first-order valence-corrected chi connectivity index (χ1v) is 11.9. The quantitative estimate of drug-likeness (QED) is 0.196. The average Bonchev–Trinajstić information content (AvgIpc) is 3.61. The predicted octanol–water partition coefficient (Wildman–Crippen LogP) is 0.0436. The van der Waals surface area contributed by atoms with E-state index >= 15 is 0 Å². The van der Waals surface area contributed by atoms with E-state index in [4.69, 9.17) is 10.5 Å². The molecular weight excluding hydrogens is 480 g/mol. The van der Waals surface area contributed by atoms with Crippen LogP contribution in [0.15, 0.2) is 49.1 Å². The number of imidazole rings is 1. The van der Waals surface area contributed by atoms with E-state index in [9.17, 15) is 20.1 Å². The number of aryl methyl sites for hydroxylation is 1. The highest BCUT2D eigenvalue weighted by Gasteiger charge is 2.44. The summed E-state index contributed by atoms with van der Waals surface area (Å²) >= 11 is 0. The molecule has 1 aliphatic rings. The second-order valence-corrected chi connectivity index (χ2v) is 8.88. The summed E-state index contributed by atoms with van der Waals surface area (Å²) in [5, 5.41) is 38.0. The van der Waals surface area contributed by atoms with E-state index in [-0.39, 0.29) is 18.3 Å². The van der Waals surface area contributed by atoms with Gasteiger partial charge in [-0.2, -0.15) is 15.1 Å². The number of primary amides is 1. The number of fused-ring (bicyclic) bond motifs is 1. The number of rotatable bonds is 10. The summed E-state index contributed by atoms with van der Waals surface area (Å²) in [4.78, 5) is 24.8. The molecule has 0 saturated carbocycles. The molecule has 1 saturated heterocycles. The molecule has 4 aromatic rings. The minimum Gasteiger partial charge on any atom is -0.394 e. The number of hydrogen-bond donors (Lipinski definition) is 5. The zero-order chi connectivity index (χ0) is 25.9. The molecule has 4 heterocycles. The van der Waals surface area contributed by atoms with Crippen LogP contribution in [0.3, 0.4) is 0 Å². The Labute approximate surface area is 211 Å². The van der Waals surface area contributed by atoms with E-state index in [1.165, 1.54) is 15.6 Å². The molecule has 5 rings (SSSR count). The number of benzene rings is 1. The molecule has 1 aliphatic heterocycles. The SMILES string of the molecule is NC(=O)CCCc1cnn(-c2nc(NCc3ccccc3)c3ncn([C@@H]4O[C@H](CO)[C@@H](O)[C@H]4O)c3n2)c1. The van der Waals surface area contributed by atoms with Gasteiger partial charge in [-0.1, -0.05) is 30.3 Å². The number of aliphatic hydroxyl groups is 3. The molecule has 0 spiro atoms. The van der Waals surface area contributed by atoms with Crippen molar-refractivity contribution in [3.8, 4) is 5.95 Å². The van der Waals surface area contributed by atoms with E-state index in [0.29, 0.717) is 36.4 Å². The molecule has 6 N–H and O–H groups in total. The lowest BCUT2D eigenvalue weighted by Crippen LogP contribution is -2.33. The molecule has 1 fully saturated rings. The van der Waals surface area contributed by atoms with Crippen LogP contribution in [0.2, 0.25) is 0 Å². The molecule has 3 aromatic heterocycles. The summed E-state index contributed by atoms with van der Waals surface area (Å²) in [6.07, 6.45) is 1.89. The molecule has 0 unspecified atom stereocenters. The Balaban J connectivity index is 1.51. The number of aromatic nitrogens is 6. The Bertz CT molecular complexity index is 1370. The minimum atomic E-state index is -1.30. The normalized spacial score (nSPS) is 21.5. The van der Waals surface area contributed by atoms with Crippen molar-refractivity contribution in [2.75, 3.05) is 11.9 Å². The van der Waals surface area contributed by atoms with Crippen molar-refractivity contribution in [1.82, 2.24) is 29.3 Å². The van der Waals surface area contributed by atoms with Crippen LogP contribution in [0, 0.1) is 0 Å². The summed E-state index contributed by atoms with van der Waals surface area (Å²) in [5.41, 5.74) is 7.94. The number of aliphatic hydroxyl groups excluding tert-OH is 3. The maximum atomic E-state index is 11.0. The Kier molecular flexibility index (Phi) is 7.10. The Morgan fingerprint density at radius 3 is 2.68 bits per heavy atom. The fourth-order valence-electron chi connectivity index (χ4n) is 4.27. The van der Waals surface area contributed by atoms with Gasteiger partial charge in [0.1, 0.15) is 18.3 Å². The third kappa shape index (κ3) is 5.15. The number of carbonyl (C=O) groups is 1. The van der Waals surface area contributed by atoms with Gasteiger partial charge in [0, 0.05) is 19.2 Å². The van der Waals surface area contributed by atoms with E-state index in [1.54, 1.807) is 12.4 Å². The van der Waals surface area contributed by atoms with Crippen LogP contribution in [0.4, 0.5) is 5.82 Å². The van der Waals surface area contributed by atoms with Gasteiger partial charge in [-0.3, -0.25) is 9.36 Å². The van der Waals surface area contributed by atoms with Crippen molar-refractivity contribution in [1.29, 1.82) is 0 Å². The predicted molar refractivity (Wildman–Crippen MR) is 131 cm³/mol. The number of ether oxygens (including phenoxy) is 1. The van der Waals surface area contributed by atoms with Crippen molar-refractivity contribution in [2.45, 2.75) is 50.3 Å². The lowest BCUT2D eigenvalue weighted by Gasteiger charge is -2.17. The zero-order valence-electron chi connectivity index (χ0n) is 19.9. The summed E-state index contributed by atoms with van der Waals surface area (Å²) in [6.45, 7) is 0.0296. The van der Waals surface area contributed by atoms with Crippen molar-refractivity contribution in [3.05, 3.63) is 60.2 Å². The highest BCUT2D eigenvalue weighted by molar-refractivity contribution is 5.83. The molecule has 4 atom stereocenters. The van der Waals surface area contributed by atoms with Crippen LogP contribution in [-0.2, 0) is 22.5 Å². The van der Waals surface area contributed by atoms with Crippen molar-refractivity contribution in [2.24, 2.45) is 5.73 Å². The van der Waals surface area contributed by atoms with Gasteiger partial charge in [0.2, 0.25) is 5.91 Å². The number of carbonyl (C=O) groups excluding carboxylic acids is 1. The monoisotopic (exact) mass is 508 g/mol. The maximum absolute atomic E-state index is 11.0. The number of hydrogen-bond acceptors (Lipinski definition) is 10. The summed E-state index contributed by atoms with van der Waals surface area (Å²) < 4.78 is 8.73. The van der Waals surface area contributed by atoms with Gasteiger partial charge in [-0.25, -0.2) is 9.67 Å². The molecule has 1 aromatic carbocycles. The number of anilines is 1. The molecule has 0 radical (unpaired) electrons. The first kappa shape index (κ1) is 24.8. The molecule has 1 amide bonds. The lowest BCUT2D eigenvalue weighted by molar-refractivity contribution is -0.118. The minimum absolute atomic E-state index is 0.248. The van der Waals surface area contributed by atoms with E-state index in [0.717, 1.165) is 11.1 Å². The topological polar surface area (TPSA) is 186 Å². The van der Waals surface area contributed by atoms with E-state index < -0.39 is 31.1 Å². The number of amides is 1. The summed E-state index contributed by atoms with van der Waals surface area (Å²) in [5.74, 6) is 0.339. The van der Waals surface area contributed by atoms with Crippen LogP contribution in [-0.4, -0.2) is 75.4 Å². The van der Waals surface area contributed by atoms with E-state index in [1.807, 2.05) is 30.3 Å². The van der Waals surface area contributed by atoms with Gasteiger partial charge in [0.05, 0.1) is 19.1 Å². The first-order valence-electron chi connectivity index (χ1n) is 11.9. The zero-order valence-corrected chi connectivity index (χ0v) is 19.9. The Morgan fingerprint density at radius 1 is 1.14 bits per heavy atom. The molecule has 13 heteroatoms. The van der Waals surface area contributed by atoms with Crippen molar-refractivity contribution >= 4 is 22.9 Å². The van der Waals surface area contributed by atoms with Gasteiger partial charge in [0.15, 0.2) is 23.2 Å². The third-order valence-corrected chi connectivity index (χ3v) is 6.23. The number of nitrogens with zero attached hydrogens (tertiary/aromatic N) is 6. The molecule has 13 nitrogen and oxygen atoms in total. The van der Waals surface area contributed by atoms with Gasteiger partial charge < -0.3 is 31.1 Å². The van der Waals surface area contributed by atoms with Crippen molar-refractivity contribution < 1.29 is 24.9 Å². The Hall–Kier alpha value is -3.91. The Morgan fingerprint density at radius 2 is 1.95 bits per heavy atom. The van der Waals surface area contributed by atoms with Crippen LogP contribution < -0.4 is 11.1 Å². The summed E-state index contributed by atoms with van der Waals surface area (Å²) in [6, 6.07) is 9.79. The average molecular weight is 509 g/mol. The van der Waals surface area contributed by atoms with Gasteiger partial charge in [-0.15, -0.1) is 0 Å². The van der Waals surface area contributed by atoms with Crippen molar-refractivity contribution in [3.63, 3.8) is 0 Å². The highest BCUT2D eigenvalue weighted by Crippen LogP contribution is 2.32. The van der Waals surface area contributed by atoms with Crippen LogP contribution in [0.5, 0.6) is 0 Å². The second kappa shape index (κ2) is 10.6. The second-order valence-electron chi connectivity index (χ2n) is 8.88. The van der Waals surface area contributed by atoms with E-state index in [2.05, 4.69) is 25.4 Å². The molecular formula is C24H28N8O5. The van der Waals surface area contributed by atoms with Crippen LogP contribution >= 0.6 is 0 Å².